The molecule has 0 amide bonds. The summed E-state index contributed by atoms with van der Waals surface area (Å²) in [4.78, 5) is 12.1. The zero-order valence-corrected chi connectivity index (χ0v) is 19.2. The van der Waals surface area contributed by atoms with Crippen LogP contribution in [0.4, 0.5) is 0 Å². The van der Waals surface area contributed by atoms with Crippen LogP contribution >= 0.6 is 0 Å². The van der Waals surface area contributed by atoms with Crippen LogP contribution in [-0.2, 0) is 20.7 Å². The molecule has 0 spiro atoms. The van der Waals surface area contributed by atoms with Crippen molar-refractivity contribution < 1.29 is 14.3 Å². The molecule has 0 aliphatic rings. The third-order valence-electron chi connectivity index (χ3n) is 5.43. The van der Waals surface area contributed by atoms with Gasteiger partial charge in [0.2, 0.25) is 0 Å². The Morgan fingerprint density at radius 2 is 1.40 bits per heavy atom. The summed E-state index contributed by atoms with van der Waals surface area (Å²) in [5.41, 5.74) is 4.78. The fourth-order valence-corrected chi connectivity index (χ4v) is 3.44. The number of hydrogen-bond donors (Lipinski definition) is 0. The van der Waals surface area contributed by atoms with Crippen LogP contribution in [-0.4, -0.2) is 18.7 Å². The minimum Gasteiger partial charge on any atom is -0.456 e. The Hall–Kier alpha value is -2.13. The lowest BCUT2D eigenvalue weighted by Crippen LogP contribution is -2.24. The van der Waals surface area contributed by atoms with Gasteiger partial charge in [-0.1, -0.05) is 88.1 Å². The van der Waals surface area contributed by atoms with Gasteiger partial charge in [0.05, 0.1) is 0 Å². The first-order valence-electron chi connectivity index (χ1n) is 11.6. The summed E-state index contributed by atoms with van der Waals surface area (Å²) in [6.45, 7) is 8.47. The number of unbranched alkanes of at least 4 members (excludes halogenated alkanes) is 4. The molecule has 0 fully saturated rings. The van der Waals surface area contributed by atoms with Crippen molar-refractivity contribution in [3.8, 4) is 11.1 Å². The SMILES string of the molecule is CCCCCCCc1ccc(-c2ccc(C(C)OC(=O)C(C)OCCC)cc2)cc1. The van der Waals surface area contributed by atoms with Crippen LogP contribution in [0.1, 0.15) is 83.5 Å². The summed E-state index contributed by atoms with van der Waals surface area (Å²) in [6.07, 6.45) is 7.79. The molecule has 0 aliphatic carbocycles. The summed E-state index contributed by atoms with van der Waals surface area (Å²) in [6, 6.07) is 17.1. The quantitative estimate of drug-likeness (QED) is 0.257. The monoisotopic (exact) mass is 410 g/mol. The van der Waals surface area contributed by atoms with Crippen molar-refractivity contribution >= 4 is 5.97 Å². The average Bonchev–Trinajstić information content (AvgIpc) is 2.77. The first kappa shape index (κ1) is 24.1. The molecule has 0 heterocycles. The molecule has 0 aromatic heterocycles. The van der Waals surface area contributed by atoms with Crippen LogP contribution in [0.3, 0.4) is 0 Å². The fraction of sp³-hybridized carbons (Fsp3) is 0.519. The molecular weight excluding hydrogens is 372 g/mol. The van der Waals surface area contributed by atoms with E-state index in [-0.39, 0.29) is 12.1 Å². The zero-order chi connectivity index (χ0) is 21.8. The fourth-order valence-electron chi connectivity index (χ4n) is 3.44. The Kier molecular flexibility index (Phi) is 10.6. The van der Waals surface area contributed by atoms with Gasteiger partial charge < -0.3 is 9.47 Å². The molecule has 2 rings (SSSR count). The highest BCUT2D eigenvalue weighted by atomic mass is 16.6. The number of benzene rings is 2. The number of rotatable bonds is 13. The molecule has 0 N–H and O–H groups in total. The van der Waals surface area contributed by atoms with Gasteiger partial charge in [0.1, 0.15) is 6.10 Å². The Morgan fingerprint density at radius 1 is 0.800 bits per heavy atom. The van der Waals surface area contributed by atoms with E-state index in [0.717, 1.165) is 18.4 Å². The Labute approximate surface area is 182 Å². The maximum absolute atomic E-state index is 12.1. The van der Waals surface area contributed by atoms with Crippen molar-refractivity contribution in [2.45, 2.75) is 84.8 Å². The van der Waals surface area contributed by atoms with Crippen LogP contribution in [0.2, 0.25) is 0 Å². The van der Waals surface area contributed by atoms with E-state index in [1.54, 1.807) is 6.92 Å². The third kappa shape index (κ3) is 7.95. The lowest BCUT2D eigenvalue weighted by Gasteiger charge is -2.17. The van der Waals surface area contributed by atoms with Crippen molar-refractivity contribution in [1.82, 2.24) is 0 Å². The molecule has 0 aliphatic heterocycles. The normalized spacial score (nSPS) is 13.1. The number of hydrogen-bond acceptors (Lipinski definition) is 3. The molecule has 0 bridgehead atoms. The number of esters is 1. The van der Waals surface area contributed by atoms with Crippen molar-refractivity contribution in [1.29, 1.82) is 0 Å². The number of aryl methyl sites for hydroxylation is 1. The van der Waals surface area contributed by atoms with Crippen LogP contribution in [0.25, 0.3) is 11.1 Å². The molecule has 0 saturated carbocycles. The molecule has 164 valence electrons. The van der Waals surface area contributed by atoms with Crippen molar-refractivity contribution in [2.75, 3.05) is 6.61 Å². The van der Waals surface area contributed by atoms with E-state index in [9.17, 15) is 4.79 Å². The Morgan fingerprint density at radius 3 is 2.00 bits per heavy atom. The second kappa shape index (κ2) is 13.2. The van der Waals surface area contributed by atoms with E-state index in [1.807, 2.05) is 26.0 Å². The molecule has 3 heteroatoms. The second-order valence-electron chi connectivity index (χ2n) is 8.08. The molecule has 2 aromatic rings. The molecule has 2 aromatic carbocycles. The van der Waals surface area contributed by atoms with E-state index in [1.165, 1.54) is 48.8 Å². The predicted molar refractivity (Wildman–Crippen MR) is 125 cm³/mol. The maximum atomic E-state index is 12.1. The van der Waals surface area contributed by atoms with Gasteiger partial charge >= 0.3 is 5.97 Å². The highest BCUT2D eigenvalue weighted by Gasteiger charge is 2.18. The second-order valence-corrected chi connectivity index (χ2v) is 8.08. The minimum atomic E-state index is -0.531. The number of ether oxygens (including phenoxy) is 2. The number of carbonyl (C=O) groups is 1. The standard InChI is InChI=1S/C27H38O3/c1-5-7-8-9-10-11-23-12-14-25(15-13-23)26-18-16-24(17-19-26)21(3)30-27(28)22(4)29-20-6-2/h12-19,21-22H,5-11,20H2,1-4H3. The van der Waals surface area contributed by atoms with Gasteiger partial charge in [-0.2, -0.15) is 0 Å². The molecule has 0 radical (unpaired) electrons. The lowest BCUT2D eigenvalue weighted by molar-refractivity contribution is -0.161. The van der Waals surface area contributed by atoms with Crippen LogP contribution in [0, 0.1) is 0 Å². The van der Waals surface area contributed by atoms with Gasteiger partial charge in [-0.15, -0.1) is 0 Å². The summed E-state index contributed by atoms with van der Waals surface area (Å²) in [5.74, 6) is -0.315. The Balaban J connectivity index is 1.88. The van der Waals surface area contributed by atoms with Gasteiger partial charge in [-0.25, -0.2) is 4.79 Å². The average molecular weight is 411 g/mol. The van der Waals surface area contributed by atoms with Crippen LogP contribution in [0.5, 0.6) is 0 Å². The van der Waals surface area contributed by atoms with E-state index in [4.69, 9.17) is 9.47 Å². The molecule has 2 atom stereocenters. The zero-order valence-electron chi connectivity index (χ0n) is 19.2. The lowest BCUT2D eigenvalue weighted by atomic mass is 9.99. The Bertz CT molecular complexity index is 734. The molecular formula is C27H38O3. The highest BCUT2D eigenvalue weighted by Crippen LogP contribution is 2.24. The van der Waals surface area contributed by atoms with Gasteiger partial charge in [0.15, 0.2) is 6.10 Å². The summed E-state index contributed by atoms with van der Waals surface area (Å²) < 4.78 is 11.0. The van der Waals surface area contributed by atoms with Gasteiger partial charge in [-0.05, 0) is 55.4 Å². The van der Waals surface area contributed by atoms with E-state index < -0.39 is 6.10 Å². The predicted octanol–water partition coefficient (Wildman–Crippen LogP) is 7.29. The van der Waals surface area contributed by atoms with Gasteiger partial charge in [-0.3, -0.25) is 0 Å². The van der Waals surface area contributed by atoms with Crippen LogP contribution in [0.15, 0.2) is 48.5 Å². The largest absolute Gasteiger partial charge is 0.456 e. The van der Waals surface area contributed by atoms with E-state index in [2.05, 4.69) is 43.3 Å². The molecule has 2 unspecified atom stereocenters. The van der Waals surface area contributed by atoms with Crippen molar-refractivity contribution in [2.24, 2.45) is 0 Å². The van der Waals surface area contributed by atoms with Gasteiger partial charge in [0, 0.05) is 6.61 Å². The first-order chi connectivity index (χ1) is 14.5. The molecule has 30 heavy (non-hydrogen) atoms. The van der Waals surface area contributed by atoms with E-state index in [0.29, 0.717) is 6.61 Å². The first-order valence-corrected chi connectivity index (χ1v) is 11.6. The summed E-state index contributed by atoms with van der Waals surface area (Å²) >= 11 is 0. The van der Waals surface area contributed by atoms with Gasteiger partial charge in [0.25, 0.3) is 0 Å². The topological polar surface area (TPSA) is 35.5 Å². The molecule has 3 nitrogen and oxygen atoms in total. The van der Waals surface area contributed by atoms with Crippen molar-refractivity contribution in [3.63, 3.8) is 0 Å². The number of carbonyl (C=O) groups excluding carboxylic acids is 1. The maximum Gasteiger partial charge on any atom is 0.335 e. The smallest absolute Gasteiger partial charge is 0.335 e. The van der Waals surface area contributed by atoms with Crippen LogP contribution < -0.4 is 0 Å². The van der Waals surface area contributed by atoms with Crippen molar-refractivity contribution in [3.05, 3.63) is 59.7 Å². The minimum absolute atomic E-state index is 0.297. The summed E-state index contributed by atoms with van der Waals surface area (Å²) in [5, 5.41) is 0. The molecule has 0 saturated heterocycles. The summed E-state index contributed by atoms with van der Waals surface area (Å²) in [7, 11) is 0. The third-order valence-corrected chi connectivity index (χ3v) is 5.43. The highest BCUT2D eigenvalue weighted by molar-refractivity contribution is 5.74. The van der Waals surface area contributed by atoms with E-state index >= 15 is 0 Å².